The fraction of sp³-hybridized carbons (Fsp3) is 0.462. The highest BCUT2D eigenvalue weighted by atomic mass is 16.3. The summed E-state index contributed by atoms with van der Waals surface area (Å²) < 4.78 is 7.02. The fourth-order valence-corrected chi connectivity index (χ4v) is 2.30. The fourth-order valence-electron chi connectivity index (χ4n) is 2.30. The first kappa shape index (κ1) is 12.9. The summed E-state index contributed by atoms with van der Waals surface area (Å²) in [5.74, 6) is 1.82. The third-order valence-electron chi connectivity index (χ3n) is 3.36. The first-order chi connectivity index (χ1) is 9.84. The molecule has 0 saturated heterocycles. The van der Waals surface area contributed by atoms with Crippen LogP contribution in [0, 0.1) is 0 Å². The first-order valence-corrected chi connectivity index (χ1v) is 6.76. The average Bonchev–Trinajstić information content (AvgIpc) is 3.05. The van der Waals surface area contributed by atoms with E-state index in [-0.39, 0.29) is 5.91 Å². The van der Waals surface area contributed by atoms with E-state index in [0.717, 1.165) is 37.7 Å². The highest BCUT2D eigenvalue weighted by Crippen LogP contribution is 2.06. The van der Waals surface area contributed by atoms with Crippen LogP contribution in [0.3, 0.4) is 0 Å². The smallest absolute Gasteiger partial charge is 0.254 e. The lowest BCUT2D eigenvalue weighted by Gasteiger charge is -2.07. The number of amides is 1. The van der Waals surface area contributed by atoms with Crippen LogP contribution in [0.5, 0.6) is 0 Å². The Kier molecular flexibility index (Phi) is 3.78. The third kappa shape index (κ3) is 2.72. The molecule has 0 saturated carbocycles. The van der Waals surface area contributed by atoms with Crippen molar-refractivity contribution in [3.05, 3.63) is 35.8 Å². The van der Waals surface area contributed by atoms with Gasteiger partial charge in [0.2, 0.25) is 0 Å². The van der Waals surface area contributed by atoms with Crippen LogP contribution in [0.15, 0.2) is 23.0 Å². The Morgan fingerprint density at radius 2 is 2.40 bits per heavy atom. The highest BCUT2D eigenvalue weighted by Gasteiger charge is 2.14. The van der Waals surface area contributed by atoms with E-state index in [4.69, 9.17) is 4.42 Å². The molecule has 106 valence electrons. The minimum atomic E-state index is -0.129. The number of aromatic nitrogens is 3. The molecule has 0 aliphatic carbocycles. The molecule has 7 nitrogen and oxygen atoms in total. The van der Waals surface area contributed by atoms with Gasteiger partial charge in [-0.15, -0.1) is 10.2 Å². The monoisotopic (exact) mass is 275 g/mol. The van der Waals surface area contributed by atoms with Gasteiger partial charge in [-0.3, -0.25) is 4.79 Å². The molecule has 0 radical (unpaired) electrons. The molecule has 2 aromatic heterocycles. The van der Waals surface area contributed by atoms with Gasteiger partial charge in [0.15, 0.2) is 0 Å². The summed E-state index contributed by atoms with van der Waals surface area (Å²) in [7, 11) is 0. The molecule has 20 heavy (non-hydrogen) atoms. The lowest BCUT2D eigenvalue weighted by atomic mass is 10.3. The molecule has 3 heterocycles. The largest absolute Gasteiger partial charge is 0.472 e. The second kappa shape index (κ2) is 5.87. The zero-order valence-corrected chi connectivity index (χ0v) is 11.1. The maximum absolute atomic E-state index is 11.8. The van der Waals surface area contributed by atoms with Crippen LogP contribution in [-0.2, 0) is 19.4 Å². The van der Waals surface area contributed by atoms with Crippen molar-refractivity contribution in [3.8, 4) is 0 Å². The molecular weight excluding hydrogens is 258 g/mol. The average molecular weight is 275 g/mol. The van der Waals surface area contributed by atoms with Crippen molar-refractivity contribution in [2.45, 2.75) is 19.4 Å². The molecule has 1 aliphatic heterocycles. The number of fused-ring (bicyclic) bond motifs is 1. The third-order valence-corrected chi connectivity index (χ3v) is 3.36. The van der Waals surface area contributed by atoms with Crippen LogP contribution in [0.2, 0.25) is 0 Å². The van der Waals surface area contributed by atoms with Crippen LogP contribution in [-0.4, -0.2) is 40.3 Å². The second-order valence-corrected chi connectivity index (χ2v) is 4.70. The van der Waals surface area contributed by atoms with Crippen molar-refractivity contribution >= 4 is 5.91 Å². The number of hydrogen-bond donors (Lipinski definition) is 2. The molecule has 3 rings (SSSR count). The molecule has 0 atom stereocenters. The van der Waals surface area contributed by atoms with Gasteiger partial charge in [0, 0.05) is 39.0 Å². The first-order valence-electron chi connectivity index (χ1n) is 6.76. The summed E-state index contributed by atoms with van der Waals surface area (Å²) in [5, 5.41) is 14.6. The Morgan fingerprint density at radius 1 is 1.45 bits per heavy atom. The molecule has 1 amide bonds. The summed E-state index contributed by atoms with van der Waals surface area (Å²) in [5.41, 5.74) is 0.536. The van der Waals surface area contributed by atoms with Gasteiger partial charge in [0.25, 0.3) is 5.91 Å². The van der Waals surface area contributed by atoms with Crippen molar-refractivity contribution in [1.82, 2.24) is 25.4 Å². The summed E-state index contributed by atoms with van der Waals surface area (Å²) in [6.45, 7) is 3.29. The molecule has 7 heteroatoms. The van der Waals surface area contributed by atoms with Gasteiger partial charge in [-0.1, -0.05) is 0 Å². The van der Waals surface area contributed by atoms with Gasteiger partial charge >= 0.3 is 0 Å². The lowest BCUT2D eigenvalue weighted by molar-refractivity contribution is 0.0953. The van der Waals surface area contributed by atoms with Crippen LogP contribution in [0.25, 0.3) is 0 Å². The zero-order chi connectivity index (χ0) is 13.8. The second-order valence-electron chi connectivity index (χ2n) is 4.70. The number of carbonyl (C=O) groups excluding carboxylic acids is 1. The topological polar surface area (TPSA) is 85.0 Å². The Balaban J connectivity index is 1.56. The minimum Gasteiger partial charge on any atom is -0.472 e. The number of carbonyl (C=O) groups is 1. The van der Waals surface area contributed by atoms with Crippen molar-refractivity contribution in [2.75, 3.05) is 19.6 Å². The zero-order valence-electron chi connectivity index (χ0n) is 11.1. The van der Waals surface area contributed by atoms with Crippen LogP contribution < -0.4 is 10.6 Å². The minimum absolute atomic E-state index is 0.129. The van der Waals surface area contributed by atoms with E-state index in [1.54, 1.807) is 6.07 Å². The van der Waals surface area contributed by atoms with E-state index < -0.39 is 0 Å². The predicted molar refractivity (Wildman–Crippen MR) is 71.3 cm³/mol. The van der Waals surface area contributed by atoms with Gasteiger partial charge in [0.1, 0.15) is 17.9 Å². The molecule has 0 unspecified atom stereocenters. The standard InChI is InChI=1S/C13H17N5O2/c19-13(10-3-8-20-9-10)15-5-2-12-17-16-11-1-4-14-6-7-18(11)12/h3,8-9,14H,1-2,4-7H2,(H,15,19). The Bertz CT molecular complexity index is 576. The number of rotatable bonds is 4. The van der Waals surface area contributed by atoms with Crippen molar-refractivity contribution in [3.63, 3.8) is 0 Å². The van der Waals surface area contributed by atoms with Crippen LogP contribution in [0.1, 0.15) is 22.0 Å². The van der Waals surface area contributed by atoms with E-state index in [2.05, 4.69) is 25.4 Å². The Morgan fingerprint density at radius 3 is 3.25 bits per heavy atom. The summed E-state index contributed by atoms with van der Waals surface area (Å²) >= 11 is 0. The predicted octanol–water partition coefficient (Wildman–Crippen LogP) is -0.0107. The Labute approximate surface area is 116 Å². The van der Waals surface area contributed by atoms with E-state index in [0.29, 0.717) is 18.5 Å². The summed E-state index contributed by atoms with van der Waals surface area (Å²) in [4.78, 5) is 11.8. The maximum Gasteiger partial charge on any atom is 0.254 e. The van der Waals surface area contributed by atoms with E-state index in [1.807, 2.05) is 0 Å². The van der Waals surface area contributed by atoms with Crippen molar-refractivity contribution in [2.24, 2.45) is 0 Å². The molecule has 2 N–H and O–H groups in total. The lowest BCUT2D eigenvalue weighted by Crippen LogP contribution is -2.26. The van der Waals surface area contributed by atoms with Gasteiger partial charge in [-0.25, -0.2) is 0 Å². The van der Waals surface area contributed by atoms with E-state index >= 15 is 0 Å². The number of nitrogens with zero attached hydrogens (tertiary/aromatic N) is 3. The number of furan rings is 1. The van der Waals surface area contributed by atoms with Gasteiger partial charge in [-0.05, 0) is 6.07 Å². The van der Waals surface area contributed by atoms with Gasteiger partial charge < -0.3 is 19.6 Å². The molecule has 0 bridgehead atoms. The quantitative estimate of drug-likeness (QED) is 0.819. The van der Waals surface area contributed by atoms with E-state index in [1.165, 1.54) is 12.5 Å². The van der Waals surface area contributed by atoms with Gasteiger partial charge in [-0.2, -0.15) is 0 Å². The normalized spacial score (nSPS) is 14.6. The van der Waals surface area contributed by atoms with E-state index in [9.17, 15) is 4.79 Å². The SMILES string of the molecule is O=C(NCCc1nnc2n1CCNCC2)c1ccoc1. The maximum atomic E-state index is 11.8. The van der Waals surface area contributed by atoms with Gasteiger partial charge in [0.05, 0.1) is 11.8 Å². The molecule has 2 aromatic rings. The molecule has 0 spiro atoms. The summed E-state index contributed by atoms with van der Waals surface area (Å²) in [6, 6.07) is 1.64. The van der Waals surface area contributed by atoms with Crippen LogP contribution >= 0.6 is 0 Å². The molecule has 0 aromatic carbocycles. The Hall–Kier alpha value is -2.15. The summed E-state index contributed by atoms with van der Waals surface area (Å²) in [6.07, 6.45) is 4.50. The molecular formula is C13H17N5O2. The highest BCUT2D eigenvalue weighted by molar-refractivity contribution is 5.93. The van der Waals surface area contributed by atoms with Crippen molar-refractivity contribution in [1.29, 1.82) is 0 Å². The van der Waals surface area contributed by atoms with Crippen molar-refractivity contribution < 1.29 is 9.21 Å². The van der Waals surface area contributed by atoms with Crippen LogP contribution in [0.4, 0.5) is 0 Å². The molecule has 1 aliphatic rings. The molecule has 0 fully saturated rings. The number of hydrogen-bond acceptors (Lipinski definition) is 5. The number of nitrogens with one attached hydrogen (secondary N) is 2.